The Hall–Kier alpha value is -6.54. The molecule has 0 spiro atoms. The zero-order valence-electron chi connectivity index (χ0n) is 32.7. The average Bonchev–Trinajstić information content (AvgIpc) is 3.86. The molecule has 1 aliphatic rings. The highest BCUT2D eigenvalue weighted by Crippen LogP contribution is 2.56. The van der Waals surface area contributed by atoms with Crippen molar-refractivity contribution in [1.29, 1.82) is 0 Å². The first kappa shape index (κ1) is 30.7. The maximum absolute atomic E-state index is 10.2. The van der Waals surface area contributed by atoms with Crippen molar-refractivity contribution < 1.29 is 6.11 Å². The van der Waals surface area contributed by atoms with Gasteiger partial charge in [-0.3, -0.25) is 18.4 Å². The molecule has 0 amide bonds. The first-order valence-corrected chi connectivity index (χ1v) is 19.5. The van der Waals surface area contributed by atoms with Crippen LogP contribution in [-0.4, -0.2) is 33.3 Å². The van der Waals surface area contributed by atoms with Gasteiger partial charge in [0.1, 0.15) is 23.0 Å². The molecule has 11 aromatic rings. The quantitative estimate of drug-likeness (QED) is 0.180. The maximum Gasteiger partial charge on any atom is 0.157 e. The Labute approximate surface area is 323 Å². The van der Waals surface area contributed by atoms with Gasteiger partial charge in [0.05, 0.1) is 55.8 Å². The summed E-state index contributed by atoms with van der Waals surface area (Å²) in [6, 6.07) is 37.6. The molecule has 0 N–H and O–H groups in total. The fraction of sp³-hybridized carbons (Fsp3) is 0.208. The Morgan fingerprint density at radius 3 is 2.30 bits per heavy atom. The summed E-state index contributed by atoms with van der Waals surface area (Å²) in [5, 5.41) is 3.11. The van der Waals surface area contributed by atoms with E-state index in [1.54, 1.807) is 0 Å². The van der Waals surface area contributed by atoms with E-state index in [0.717, 1.165) is 108 Å². The Kier molecular flexibility index (Phi) is 6.06. The largest absolute Gasteiger partial charge is 0.457 e. The third kappa shape index (κ3) is 4.35. The Balaban J connectivity index is 1.08. The summed E-state index contributed by atoms with van der Waals surface area (Å²) >= 11 is 0. The minimum atomic E-state index is -0.756. The standard InChI is InChI=1S/C48H39N7O/c1-47(2)20-10-21-48(3,4)45(47)28-16-19-37-32(23-28)31-18-17-29(26-40(31)53(37)41-15-7-8-22-49-41)56-30-24-33-43-36(25-30)50-27-42-51-35-12-9-14-39(44(35)55(42)43)54-38-13-6-5-11-34(38)52-46(33)54/h5-9,11-19,22-27,45H,10,20-21H2,1-4H3/i45D. The number of para-hydroxylation sites is 3. The molecule has 12 rings (SSSR count). The molecule has 6 heterocycles. The number of hydrogen-bond acceptors (Lipinski definition) is 5. The third-order valence-corrected chi connectivity index (χ3v) is 12.4. The Morgan fingerprint density at radius 2 is 1.45 bits per heavy atom. The van der Waals surface area contributed by atoms with Crippen molar-refractivity contribution in [2.75, 3.05) is 0 Å². The van der Waals surface area contributed by atoms with E-state index in [4.69, 9.17) is 24.7 Å². The van der Waals surface area contributed by atoms with Gasteiger partial charge in [-0.25, -0.2) is 15.0 Å². The maximum atomic E-state index is 10.2. The van der Waals surface area contributed by atoms with E-state index in [2.05, 4.69) is 114 Å². The van der Waals surface area contributed by atoms with Crippen LogP contribution in [0.15, 0.2) is 122 Å². The van der Waals surface area contributed by atoms with Gasteiger partial charge in [0, 0.05) is 35.9 Å². The highest BCUT2D eigenvalue weighted by atomic mass is 16.5. The summed E-state index contributed by atoms with van der Waals surface area (Å²) in [6.45, 7) is 9.10. The van der Waals surface area contributed by atoms with Crippen LogP contribution in [-0.2, 0) is 0 Å². The molecule has 0 unspecified atom stereocenters. The molecule has 272 valence electrons. The van der Waals surface area contributed by atoms with Crippen LogP contribution < -0.4 is 4.74 Å². The molecule has 1 saturated carbocycles. The van der Waals surface area contributed by atoms with Gasteiger partial charge in [-0.1, -0.05) is 64.4 Å². The zero-order chi connectivity index (χ0) is 38.4. The molecule has 8 nitrogen and oxygen atoms in total. The number of rotatable bonds is 4. The molecular weight excluding hydrogens is 691 g/mol. The fourth-order valence-electron chi connectivity index (χ4n) is 10.4. The van der Waals surface area contributed by atoms with Gasteiger partial charge < -0.3 is 4.74 Å². The van der Waals surface area contributed by atoms with E-state index in [1.165, 1.54) is 0 Å². The lowest BCUT2D eigenvalue weighted by atomic mass is 9.55. The number of ether oxygens (including phenoxy) is 1. The number of hydrogen-bond donors (Lipinski definition) is 0. The lowest BCUT2D eigenvalue weighted by Crippen LogP contribution is -2.38. The smallest absolute Gasteiger partial charge is 0.157 e. The van der Waals surface area contributed by atoms with E-state index >= 15 is 0 Å². The van der Waals surface area contributed by atoms with Crippen molar-refractivity contribution >= 4 is 77.1 Å². The van der Waals surface area contributed by atoms with Crippen LogP contribution in [0, 0.1) is 10.8 Å². The molecule has 0 bridgehead atoms. The molecule has 56 heavy (non-hydrogen) atoms. The molecule has 6 aromatic heterocycles. The number of aromatic nitrogens is 7. The molecule has 0 aliphatic heterocycles. The molecule has 1 fully saturated rings. The summed E-state index contributed by atoms with van der Waals surface area (Å²) in [6.07, 6.45) is 6.88. The molecule has 1 aliphatic carbocycles. The molecule has 0 saturated heterocycles. The van der Waals surface area contributed by atoms with Gasteiger partial charge in [-0.15, -0.1) is 0 Å². The topological polar surface area (TPSA) is 74.5 Å². The lowest BCUT2D eigenvalue weighted by molar-refractivity contribution is 0.0728. The van der Waals surface area contributed by atoms with E-state index in [1.807, 2.05) is 48.8 Å². The summed E-state index contributed by atoms with van der Waals surface area (Å²) < 4.78 is 23.7. The average molecular weight is 731 g/mol. The highest BCUT2D eigenvalue weighted by molar-refractivity contribution is 6.12. The minimum Gasteiger partial charge on any atom is -0.457 e. The van der Waals surface area contributed by atoms with Crippen molar-refractivity contribution in [3.63, 3.8) is 0 Å². The van der Waals surface area contributed by atoms with Crippen LogP contribution in [0.4, 0.5) is 0 Å². The minimum absolute atomic E-state index is 0.182. The van der Waals surface area contributed by atoms with Gasteiger partial charge in [-0.05, 0) is 102 Å². The van der Waals surface area contributed by atoms with Gasteiger partial charge in [0.25, 0.3) is 0 Å². The number of fused-ring (bicyclic) bond motifs is 8. The van der Waals surface area contributed by atoms with Crippen LogP contribution in [0.1, 0.15) is 59.8 Å². The Morgan fingerprint density at radius 1 is 0.625 bits per heavy atom. The second-order valence-electron chi connectivity index (χ2n) is 16.8. The van der Waals surface area contributed by atoms with E-state index < -0.39 is 5.89 Å². The van der Waals surface area contributed by atoms with Crippen molar-refractivity contribution in [2.24, 2.45) is 10.8 Å². The number of imidazole rings is 2. The summed E-state index contributed by atoms with van der Waals surface area (Å²) in [7, 11) is 0. The van der Waals surface area contributed by atoms with Crippen LogP contribution >= 0.6 is 0 Å². The highest BCUT2D eigenvalue weighted by Gasteiger charge is 2.44. The monoisotopic (exact) mass is 730 g/mol. The molecule has 8 heteroatoms. The second kappa shape index (κ2) is 11.0. The summed E-state index contributed by atoms with van der Waals surface area (Å²) in [5.74, 6) is 1.42. The van der Waals surface area contributed by atoms with Gasteiger partial charge in [0.2, 0.25) is 0 Å². The molecule has 0 atom stereocenters. The first-order valence-electron chi connectivity index (χ1n) is 20.0. The summed E-state index contributed by atoms with van der Waals surface area (Å²) in [4.78, 5) is 20.0. The van der Waals surface area contributed by atoms with Gasteiger partial charge in [0.15, 0.2) is 5.65 Å². The number of pyridine rings is 1. The SMILES string of the molecule is [2H]C1(c2ccc3c(c2)c2ccc(Oc4cc5ncc6nc7cccc8c7n6c5c(c4)c4nc5ccccc5n84)cc2n3-c2ccccn2)C(C)(C)CCCC1(C)C. The molecular formula is C48H39N7O. The number of benzene rings is 5. The predicted octanol–water partition coefficient (Wildman–Crippen LogP) is 12.0. The van der Waals surface area contributed by atoms with E-state index in [9.17, 15) is 1.37 Å². The third-order valence-electron chi connectivity index (χ3n) is 12.4. The predicted molar refractivity (Wildman–Crippen MR) is 226 cm³/mol. The lowest BCUT2D eigenvalue weighted by Gasteiger charge is -2.49. The number of nitrogens with zero attached hydrogens (tertiary/aromatic N) is 7. The van der Waals surface area contributed by atoms with E-state index in [0.29, 0.717) is 11.5 Å². The molecule has 5 aromatic carbocycles. The normalized spacial score (nSPS) is 17.0. The summed E-state index contributed by atoms with van der Waals surface area (Å²) in [5.41, 5.74) is 11.0. The van der Waals surface area contributed by atoms with Crippen molar-refractivity contribution in [1.82, 2.24) is 33.3 Å². The molecule has 0 radical (unpaired) electrons. The van der Waals surface area contributed by atoms with Crippen molar-refractivity contribution in [2.45, 2.75) is 52.9 Å². The Bertz CT molecular complexity index is 3430. The fourth-order valence-corrected chi connectivity index (χ4v) is 10.4. The van der Waals surface area contributed by atoms with Crippen LogP contribution in [0.25, 0.3) is 82.9 Å². The van der Waals surface area contributed by atoms with E-state index in [-0.39, 0.29) is 10.8 Å². The van der Waals surface area contributed by atoms with Crippen LogP contribution in [0.3, 0.4) is 0 Å². The van der Waals surface area contributed by atoms with Gasteiger partial charge in [-0.2, -0.15) is 0 Å². The van der Waals surface area contributed by atoms with Crippen LogP contribution in [0.5, 0.6) is 11.5 Å². The first-order chi connectivity index (χ1) is 27.6. The van der Waals surface area contributed by atoms with Crippen molar-refractivity contribution in [3.05, 3.63) is 127 Å². The van der Waals surface area contributed by atoms with Crippen LogP contribution in [0.2, 0.25) is 0 Å². The second-order valence-corrected chi connectivity index (χ2v) is 16.8. The zero-order valence-corrected chi connectivity index (χ0v) is 31.7. The van der Waals surface area contributed by atoms with Crippen molar-refractivity contribution in [3.8, 4) is 17.3 Å². The van der Waals surface area contributed by atoms with Gasteiger partial charge >= 0.3 is 0 Å².